The minimum Gasteiger partial charge on any atom is -0.481 e. The molecule has 310 valence electrons. The first-order chi connectivity index (χ1) is 25.7. The third-order valence-electron chi connectivity index (χ3n) is 6.31. The monoisotopic (exact) mass is 760 g/mol. The van der Waals surface area contributed by atoms with E-state index in [1.54, 1.807) is 0 Å². The van der Waals surface area contributed by atoms with Crippen LogP contribution in [0.15, 0.2) is 0 Å². The Bertz CT molecular complexity index is 729. The lowest BCUT2D eigenvalue weighted by atomic mass is 10.3. The topological polar surface area (TPSA) is 198 Å². The zero-order valence-corrected chi connectivity index (χ0v) is 31.5. The predicted molar refractivity (Wildman–Crippen MR) is 189 cm³/mol. The average Bonchev–Trinajstić information content (AvgIpc) is 3.14. The van der Waals surface area contributed by atoms with E-state index in [9.17, 15) is 9.59 Å². The molecule has 0 rings (SSSR count). The maximum atomic E-state index is 11.4. The van der Waals surface area contributed by atoms with Gasteiger partial charge in [-0.05, 0) is 13.5 Å². The predicted octanol–water partition coefficient (Wildman–Crippen LogP) is -0.207. The van der Waals surface area contributed by atoms with Crippen LogP contribution in [0.5, 0.6) is 0 Å². The summed E-state index contributed by atoms with van der Waals surface area (Å²) in [5, 5.41) is 14.2. The van der Waals surface area contributed by atoms with E-state index in [4.69, 9.17) is 66.7 Å². The van der Waals surface area contributed by atoms with E-state index < -0.39 is 5.97 Å². The summed E-state index contributed by atoms with van der Waals surface area (Å²) in [6.45, 7) is 14.4. The molecule has 0 aromatic rings. The van der Waals surface area contributed by atoms with Gasteiger partial charge in [-0.25, -0.2) is 0 Å². The molecule has 3 N–H and O–H groups in total. The summed E-state index contributed by atoms with van der Waals surface area (Å²) in [6, 6.07) is 0. The molecular formula is C34H68N2O16. The van der Waals surface area contributed by atoms with Gasteiger partial charge in [0, 0.05) is 26.1 Å². The Kier molecular flexibility index (Phi) is 44.1. The minimum absolute atomic E-state index is 0.0116. The van der Waals surface area contributed by atoms with Gasteiger partial charge in [0.25, 0.3) is 0 Å². The van der Waals surface area contributed by atoms with Crippen molar-refractivity contribution in [3.63, 3.8) is 0 Å². The van der Waals surface area contributed by atoms with Gasteiger partial charge < -0.3 is 77.3 Å². The molecule has 0 unspecified atom stereocenters. The Labute approximate surface area is 309 Å². The molecule has 0 saturated heterocycles. The SMILES string of the molecule is CNCCOCCOCCOCCOCCOCCOCCOCCOCCOCCOCCOCCOCCOCCCNC(=O)CCC(=O)O. The molecule has 0 spiro atoms. The Hall–Kier alpha value is -1.62. The first kappa shape index (κ1) is 50.4. The lowest BCUT2D eigenvalue weighted by Gasteiger charge is -2.09. The lowest BCUT2D eigenvalue weighted by Crippen LogP contribution is -2.25. The molecular weight excluding hydrogens is 692 g/mol. The van der Waals surface area contributed by atoms with Crippen molar-refractivity contribution in [2.24, 2.45) is 0 Å². The van der Waals surface area contributed by atoms with Gasteiger partial charge in [-0.1, -0.05) is 0 Å². The van der Waals surface area contributed by atoms with Crippen LogP contribution in [0.25, 0.3) is 0 Å². The van der Waals surface area contributed by atoms with Crippen molar-refractivity contribution < 1.29 is 76.3 Å². The maximum Gasteiger partial charge on any atom is 0.303 e. The molecule has 0 aromatic carbocycles. The number of aliphatic carboxylic acids is 1. The molecule has 0 saturated carbocycles. The number of rotatable bonds is 46. The van der Waals surface area contributed by atoms with E-state index in [1.807, 2.05) is 7.05 Å². The fourth-order valence-electron chi connectivity index (χ4n) is 3.63. The van der Waals surface area contributed by atoms with Crippen LogP contribution in [0.2, 0.25) is 0 Å². The molecule has 18 nitrogen and oxygen atoms in total. The third kappa shape index (κ3) is 46.4. The zero-order valence-electron chi connectivity index (χ0n) is 31.5. The molecule has 52 heavy (non-hydrogen) atoms. The molecule has 0 atom stereocenters. The molecule has 0 aromatic heterocycles. The quantitative estimate of drug-likeness (QED) is 0.0689. The van der Waals surface area contributed by atoms with Crippen LogP contribution in [0.3, 0.4) is 0 Å². The average molecular weight is 761 g/mol. The van der Waals surface area contributed by atoms with Crippen LogP contribution in [0.4, 0.5) is 0 Å². The highest BCUT2D eigenvalue weighted by atomic mass is 16.6. The Morgan fingerprint density at radius 1 is 0.365 bits per heavy atom. The van der Waals surface area contributed by atoms with Gasteiger partial charge in [0.05, 0.1) is 172 Å². The van der Waals surface area contributed by atoms with Crippen molar-refractivity contribution in [1.29, 1.82) is 0 Å². The normalized spacial score (nSPS) is 11.4. The van der Waals surface area contributed by atoms with E-state index in [1.165, 1.54) is 0 Å². The zero-order chi connectivity index (χ0) is 37.7. The first-order valence-corrected chi connectivity index (χ1v) is 18.3. The summed E-state index contributed by atoms with van der Waals surface area (Å²) in [4.78, 5) is 21.8. The van der Waals surface area contributed by atoms with E-state index >= 15 is 0 Å². The number of carboxylic acids is 1. The summed E-state index contributed by atoms with van der Waals surface area (Å²) in [7, 11) is 1.89. The first-order valence-electron chi connectivity index (χ1n) is 18.3. The van der Waals surface area contributed by atoms with E-state index in [0.29, 0.717) is 185 Å². The van der Waals surface area contributed by atoms with Crippen molar-refractivity contribution in [1.82, 2.24) is 10.6 Å². The van der Waals surface area contributed by atoms with E-state index in [2.05, 4.69) is 10.6 Å². The number of amides is 1. The van der Waals surface area contributed by atoms with Gasteiger partial charge >= 0.3 is 5.97 Å². The number of hydrogen-bond donors (Lipinski definition) is 3. The minimum atomic E-state index is -0.984. The van der Waals surface area contributed by atoms with Crippen molar-refractivity contribution >= 4 is 11.9 Å². The largest absolute Gasteiger partial charge is 0.481 e. The molecule has 1 amide bonds. The highest BCUT2D eigenvalue weighted by Crippen LogP contribution is 1.91. The van der Waals surface area contributed by atoms with Crippen LogP contribution in [-0.4, -0.2) is 209 Å². The molecule has 0 bridgehead atoms. The summed E-state index contributed by atoms with van der Waals surface area (Å²) >= 11 is 0. The van der Waals surface area contributed by atoms with E-state index in [0.717, 1.165) is 6.54 Å². The van der Waals surface area contributed by atoms with Gasteiger partial charge in [0.2, 0.25) is 5.91 Å². The van der Waals surface area contributed by atoms with Gasteiger partial charge in [-0.15, -0.1) is 0 Å². The number of ether oxygens (including phenoxy) is 13. The highest BCUT2D eigenvalue weighted by molar-refractivity contribution is 5.80. The number of carboxylic acid groups (broad SMARTS) is 1. The Morgan fingerprint density at radius 3 is 0.865 bits per heavy atom. The second-order valence-corrected chi connectivity index (χ2v) is 10.7. The van der Waals surface area contributed by atoms with Crippen molar-refractivity contribution in [2.45, 2.75) is 19.3 Å². The van der Waals surface area contributed by atoms with Gasteiger partial charge in [-0.3, -0.25) is 9.59 Å². The Morgan fingerprint density at radius 2 is 0.615 bits per heavy atom. The number of hydrogen-bond acceptors (Lipinski definition) is 16. The van der Waals surface area contributed by atoms with Crippen LogP contribution >= 0.6 is 0 Å². The van der Waals surface area contributed by atoms with Crippen LogP contribution in [0.1, 0.15) is 19.3 Å². The smallest absolute Gasteiger partial charge is 0.303 e. The molecule has 0 aliphatic heterocycles. The summed E-state index contributed by atoms with van der Waals surface area (Å²) < 4.78 is 70.8. The van der Waals surface area contributed by atoms with Gasteiger partial charge in [0.15, 0.2) is 0 Å². The number of carbonyl (C=O) groups is 2. The molecule has 0 aliphatic carbocycles. The van der Waals surface area contributed by atoms with Crippen molar-refractivity contribution in [2.75, 3.05) is 192 Å². The van der Waals surface area contributed by atoms with Crippen LogP contribution < -0.4 is 10.6 Å². The summed E-state index contributed by atoms with van der Waals surface area (Å²) in [5.41, 5.74) is 0. The molecule has 0 heterocycles. The fraction of sp³-hybridized carbons (Fsp3) is 0.941. The molecule has 0 aliphatic rings. The Balaban J connectivity index is 3.08. The number of likely N-dealkylation sites (N-methyl/N-ethyl adjacent to an activating group) is 1. The second kappa shape index (κ2) is 45.5. The number of carbonyl (C=O) groups excluding carboxylic acids is 1. The standard InChI is InChI=1S/C34H68N2O16/c1-35-6-8-41-10-12-43-14-16-45-18-20-47-22-24-49-26-28-51-30-32-52-31-29-50-27-25-48-23-21-46-19-17-44-15-13-42-11-9-40-7-2-5-36-33(37)3-4-34(38)39/h35H,2-32H2,1H3,(H,36,37)(H,38,39). The fourth-order valence-corrected chi connectivity index (χ4v) is 3.63. The van der Waals surface area contributed by atoms with Crippen molar-refractivity contribution in [3.8, 4) is 0 Å². The lowest BCUT2D eigenvalue weighted by molar-refractivity contribution is -0.138. The maximum absolute atomic E-state index is 11.4. The van der Waals surface area contributed by atoms with Crippen LogP contribution in [-0.2, 0) is 71.2 Å². The summed E-state index contributed by atoms with van der Waals surface area (Å²) in [6.07, 6.45) is 0.473. The molecule has 0 radical (unpaired) electrons. The molecule has 0 fully saturated rings. The van der Waals surface area contributed by atoms with Crippen LogP contribution in [0, 0.1) is 0 Å². The third-order valence-corrected chi connectivity index (χ3v) is 6.31. The van der Waals surface area contributed by atoms with Gasteiger partial charge in [0.1, 0.15) is 0 Å². The molecule has 18 heteroatoms. The van der Waals surface area contributed by atoms with E-state index in [-0.39, 0.29) is 18.7 Å². The number of nitrogens with one attached hydrogen (secondary N) is 2. The highest BCUT2D eigenvalue weighted by Gasteiger charge is 2.04. The van der Waals surface area contributed by atoms with Gasteiger partial charge in [-0.2, -0.15) is 0 Å². The summed E-state index contributed by atoms with van der Waals surface area (Å²) in [5.74, 6) is -1.25. The van der Waals surface area contributed by atoms with Crippen molar-refractivity contribution in [3.05, 3.63) is 0 Å². The second-order valence-electron chi connectivity index (χ2n) is 10.7.